The second-order valence-corrected chi connectivity index (χ2v) is 29.5. The number of hydrogen-bond donors (Lipinski definition) is 0. The van der Waals surface area contributed by atoms with Crippen LogP contribution in [0.2, 0.25) is 0 Å². The fourth-order valence-electron chi connectivity index (χ4n) is 18.9. The van der Waals surface area contributed by atoms with Gasteiger partial charge in [0.05, 0.1) is 116 Å². The van der Waals surface area contributed by atoms with Gasteiger partial charge in [-0.05, 0) is 132 Å². The molecule has 8 aromatic heterocycles. The van der Waals surface area contributed by atoms with Crippen LogP contribution in [-0.2, 0) is 0 Å². The maximum Gasteiger partial charge on any atom is 0.219 e. The Balaban J connectivity index is 0.000000140. The molecule has 16 heteroatoms. The van der Waals surface area contributed by atoms with Crippen molar-refractivity contribution in [2.24, 2.45) is 0 Å². The van der Waals surface area contributed by atoms with Crippen LogP contribution in [0.3, 0.4) is 0 Å². The molecule has 0 amide bonds. The Bertz CT molecular complexity index is 9210. The fourth-order valence-corrected chi connectivity index (χ4v) is 18.9. The lowest BCUT2D eigenvalue weighted by Crippen LogP contribution is -2.03. The van der Waals surface area contributed by atoms with Gasteiger partial charge in [-0.1, -0.05) is 170 Å². The van der Waals surface area contributed by atoms with Crippen LogP contribution >= 0.6 is 0 Å². The van der Waals surface area contributed by atoms with E-state index in [-0.39, 0.29) is 39.4 Å². The lowest BCUT2D eigenvalue weighted by atomic mass is 9.92. The van der Waals surface area contributed by atoms with E-state index in [0.717, 1.165) is 181 Å². The first kappa shape index (κ1) is 67.5. The molecule has 16 nitrogen and oxygen atoms in total. The summed E-state index contributed by atoms with van der Waals surface area (Å²) in [6, 6.07) is 104. The van der Waals surface area contributed by atoms with Gasteiger partial charge in [-0.15, -0.1) is 0 Å². The summed E-state index contributed by atoms with van der Waals surface area (Å²) in [6.07, 6.45) is 0. The molecule has 0 aliphatic heterocycles. The third-order valence-corrected chi connectivity index (χ3v) is 23.7. The maximum absolute atomic E-state index is 11.1. The van der Waals surface area contributed by atoms with Crippen molar-refractivity contribution in [1.82, 2.24) is 18.3 Å². The molecule has 0 bridgehead atoms. The maximum atomic E-state index is 11.1. The van der Waals surface area contributed by atoms with Crippen LogP contribution in [0.4, 0.5) is 22.7 Å². The molecular formula is C104H48N12O4. The van der Waals surface area contributed by atoms with Gasteiger partial charge in [0, 0.05) is 109 Å². The molecule has 24 aromatic rings. The van der Waals surface area contributed by atoms with Crippen molar-refractivity contribution in [3.05, 3.63) is 359 Å². The van der Waals surface area contributed by atoms with E-state index in [0.29, 0.717) is 44.9 Å². The first-order valence-corrected chi connectivity index (χ1v) is 38.4. The largest absolute Gasteiger partial charge is 0.456 e. The highest BCUT2D eigenvalue weighted by molar-refractivity contribution is 6.31. The molecular weight excluding hydrogens is 1480 g/mol. The normalized spacial score (nSPS) is 11.6. The third kappa shape index (κ3) is 9.24. The highest BCUT2D eigenvalue weighted by Crippen LogP contribution is 2.53. The Hall–Kier alpha value is -18.2. The number of rotatable bonds is 6. The van der Waals surface area contributed by atoms with Gasteiger partial charge >= 0.3 is 0 Å². The summed E-state index contributed by atoms with van der Waals surface area (Å²) in [5, 5.41) is 59.1. The highest BCUT2D eigenvalue weighted by atomic mass is 16.3. The summed E-state index contributed by atoms with van der Waals surface area (Å²) in [7, 11) is 0. The van der Waals surface area contributed by atoms with Gasteiger partial charge in [-0.25, -0.2) is 14.5 Å². The van der Waals surface area contributed by atoms with Crippen LogP contribution < -0.4 is 0 Å². The van der Waals surface area contributed by atoms with Crippen molar-refractivity contribution < 1.29 is 17.7 Å². The van der Waals surface area contributed by atoms with E-state index >= 15 is 0 Å². The zero-order chi connectivity index (χ0) is 80.4. The number of aromatic nitrogens is 4. The summed E-state index contributed by atoms with van der Waals surface area (Å²) in [6.45, 7) is 33.3. The van der Waals surface area contributed by atoms with Gasteiger partial charge in [0.1, 0.15) is 56.8 Å². The zero-order valence-corrected chi connectivity index (χ0v) is 62.7. The molecule has 120 heavy (non-hydrogen) atoms. The van der Waals surface area contributed by atoms with E-state index in [9.17, 15) is 21.0 Å². The van der Waals surface area contributed by atoms with E-state index < -0.39 is 0 Å². The second kappa shape index (κ2) is 25.7. The van der Waals surface area contributed by atoms with Crippen LogP contribution in [0.15, 0.2) is 309 Å². The number of nitriles is 4. The number of furan rings is 4. The minimum atomic E-state index is -0.0366. The van der Waals surface area contributed by atoms with Crippen LogP contribution in [0.5, 0.6) is 0 Å². The molecule has 8 heterocycles. The monoisotopic (exact) mass is 1530 g/mol. The van der Waals surface area contributed by atoms with Crippen molar-refractivity contribution in [2.45, 2.75) is 0 Å². The van der Waals surface area contributed by atoms with Gasteiger partial charge in [0.25, 0.3) is 0 Å². The van der Waals surface area contributed by atoms with Gasteiger partial charge in [-0.3, -0.25) is 4.85 Å². The molecule has 0 aliphatic carbocycles. The first-order chi connectivity index (χ1) is 59.2. The topological polar surface area (TPSA) is 185 Å². The van der Waals surface area contributed by atoms with Crippen molar-refractivity contribution >= 4 is 198 Å². The van der Waals surface area contributed by atoms with Gasteiger partial charge in [-0.2, -0.15) is 21.0 Å². The Kier molecular flexibility index (Phi) is 14.5. The lowest BCUT2D eigenvalue weighted by Gasteiger charge is -2.19. The van der Waals surface area contributed by atoms with E-state index in [4.69, 9.17) is 44.0 Å². The predicted octanol–water partition coefficient (Wildman–Crippen LogP) is 28.4. The molecule has 0 saturated heterocycles. The molecule has 0 saturated carbocycles. The van der Waals surface area contributed by atoms with Crippen molar-refractivity contribution in [2.75, 3.05) is 0 Å². The van der Waals surface area contributed by atoms with E-state index in [1.54, 1.807) is 18.2 Å². The van der Waals surface area contributed by atoms with E-state index in [1.165, 1.54) is 0 Å². The number of para-hydroxylation sites is 8. The summed E-state index contributed by atoms with van der Waals surface area (Å²) in [5.41, 5.74) is 18.1. The van der Waals surface area contributed by atoms with Crippen molar-refractivity contribution in [1.29, 1.82) is 21.0 Å². The molecule has 0 N–H and O–H groups in total. The standard InChI is InChI=1S/2C52H24N6O2/c1-55-39-23-19-32(50(49(39)56-2)58-41-16-8-4-14-36(41)48-44(58)26-22-34-31-12-6-10-18-46(31)60-52(34)48)29-20-24-42(38(28-54)37(29)27-53)57-40-15-7-3-13-35(40)47-43(57)25-21-33-30-11-5-9-17-45(30)59-51(33)47;1-55-50-30(28-54)26-37(52(51(50)56-2)58-39-16-8-4-12-34(39)47-41(58)22-24-45-49(47)36-14-6-10-18-43(36)60-45)32-20-19-31(25-29(32)27-53)57-38-15-7-3-11-33(38)46-40(57)21-23-44-48(46)35-13-5-9-17-42(35)59-44/h2*3-26H. The van der Waals surface area contributed by atoms with Gasteiger partial charge in [0.2, 0.25) is 17.1 Å². The van der Waals surface area contributed by atoms with E-state index in [2.05, 4.69) is 78.6 Å². The average Bonchev–Trinajstić information content (AvgIpc) is 1.56. The molecule has 0 atom stereocenters. The molecule has 0 unspecified atom stereocenters. The number of nitrogens with zero attached hydrogens (tertiary/aromatic N) is 12. The lowest BCUT2D eigenvalue weighted by molar-refractivity contribution is 0.669. The fraction of sp³-hybridized carbons (Fsp3) is 0. The number of fused-ring (bicyclic) bond motifs is 28. The SMILES string of the molecule is [C-]#[N+]c1c(C#N)cc(-c2ccc(-n3c4ccccc4c4c5c(ccc43)oc3ccccc35)cc2C#N)c(-n2c3ccccc3c3c4c(ccc32)oc2ccccc24)c1[N+]#[C-].[C-]#[N+]c1ccc(-c2ccc(-n3c4ccccc4c4c5oc6ccccc6c5ccc43)c(C#N)c2C#N)c(-n2c3ccccc3c3c4oc5ccccc5c4ccc32)c1[N+]#[C-]. The van der Waals surface area contributed by atoms with E-state index in [1.807, 2.05) is 256 Å². The quantitative estimate of drug-likeness (QED) is 0.147. The van der Waals surface area contributed by atoms with Gasteiger partial charge in [0.15, 0.2) is 5.69 Å². The predicted molar refractivity (Wildman–Crippen MR) is 474 cm³/mol. The average molecular weight is 1530 g/mol. The molecule has 0 spiro atoms. The highest BCUT2D eigenvalue weighted by Gasteiger charge is 2.32. The number of hydrogen-bond acceptors (Lipinski definition) is 8. The summed E-state index contributed by atoms with van der Waals surface area (Å²) >= 11 is 0. The van der Waals surface area contributed by atoms with Crippen molar-refractivity contribution in [3.63, 3.8) is 0 Å². The van der Waals surface area contributed by atoms with Gasteiger partial charge < -0.3 is 35.9 Å². The van der Waals surface area contributed by atoms with Crippen molar-refractivity contribution in [3.8, 4) is 69.3 Å². The molecule has 24 rings (SSSR count). The Morgan fingerprint density at radius 2 is 0.658 bits per heavy atom. The minimum absolute atomic E-state index is 0.0329. The number of benzene rings is 16. The Labute approximate surface area is 678 Å². The third-order valence-electron chi connectivity index (χ3n) is 23.7. The minimum Gasteiger partial charge on any atom is -0.456 e. The molecule has 548 valence electrons. The molecule has 0 fully saturated rings. The van der Waals surface area contributed by atoms with Crippen LogP contribution in [0.25, 0.3) is 239 Å². The second-order valence-electron chi connectivity index (χ2n) is 29.5. The molecule has 16 aromatic carbocycles. The van der Waals surface area contributed by atoms with Crippen LogP contribution in [-0.4, -0.2) is 18.3 Å². The summed E-state index contributed by atoms with van der Waals surface area (Å²) in [5.74, 6) is 0. The Morgan fingerprint density at radius 1 is 0.250 bits per heavy atom. The first-order valence-electron chi connectivity index (χ1n) is 38.4. The summed E-state index contributed by atoms with van der Waals surface area (Å²) < 4.78 is 33.9. The zero-order valence-electron chi connectivity index (χ0n) is 62.7. The summed E-state index contributed by atoms with van der Waals surface area (Å²) in [4.78, 5) is 15.5. The smallest absolute Gasteiger partial charge is 0.219 e. The molecule has 0 aliphatic rings. The Morgan fingerprint density at radius 3 is 1.16 bits per heavy atom. The van der Waals surface area contributed by atoms with Crippen LogP contribution in [0.1, 0.15) is 22.3 Å². The van der Waals surface area contributed by atoms with Crippen LogP contribution in [0, 0.1) is 71.6 Å². The molecule has 0 radical (unpaired) electrons.